The van der Waals surface area contributed by atoms with Crippen molar-refractivity contribution in [3.8, 4) is 0 Å². The molecule has 50 valence electrons. The van der Waals surface area contributed by atoms with Gasteiger partial charge in [-0.2, -0.15) is 0 Å². The van der Waals surface area contributed by atoms with Gasteiger partial charge in [-0.15, -0.1) is 0 Å². The Labute approximate surface area is 59.7 Å². The molecule has 0 spiro atoms. The van der Waals surface area contributed by atoms with E-state index in [2.05, 4.69) is 0 Å². The molecule has 0 unspecified atom stereocenters. The zero-order chi connectivity index (χ0) is 7.11. The maximum Gasteiger partial charge on any atom is -0.0349 e. The summed E-state index contributed by atoms with van der Waals surface area (Å²) in [4.78, 5) is 0. The Morgan fingerprint density at radius 1 is 0.889 bits per heavy atom. The van der Waals surface area contributed by atoms with Gasteiger partial charge in [0.25, 0.3) is 0 Å². The molecular weight excluding hydrogens is 108 g/mol. The van der Waals surface area contributed by atoms with Gasteiger partial charge < -0.3 is 0 Å². The van der Waals surface area contributed by atoms with E-state index in [1.807, 2.05) is 0 Å². The van der Waals surface area contributed by atoms with Crippen molar-refractivity contribution in [2.75, 3.05) is 0 Å². The van der Waals surface area contributed by atoms with E-state index in [1.165, 1.54) is 0 Å². The van der Waals surface area contributed by atoms with Crippen LogP contribution < -0.4 is 0 Å². The fourth-order valence-corrected chi connectivity index (χ4v) is 0.851. The van der Waals surface area contributed by atoms with E-state index in [1.54, 1.807) is 0 Å². The van der Waals surface area contributed by atoms with Crippen molar-refractivity contribution in [2.24, 2.45) is 5.92 Å². The molecule has 0 amide bonds. The second-order valence-electron chi connectivity index (χ2n) is 2.26. The molecular formula is C9H14. The van der Waals surface area contributed by atoms with E-state index in [-0.39, 0.29) is 0 Å². The molecule has 0 heterocycles. The van der Waals surface area contributed by atoms with Crippen LogP contribution in [-0.4, -0.2) is 0 Å². The van der Waals surface area contributed by atoms with Crippen molar-refractivity contribution in [1.82, 2.24) is 0 Å². The van der Waals surface area contributed by atoms with Crippen molar-refractivity contribution < 1.29 is 0 Å². The van der Waals surface area contributed by atoms with E-state index >= 15 is 0 Å². The van der Waals surface area contributed by atoms with Crippen molar-refractivity contribution >= 4 is 0 Å². The third-order valence-corrected chi connectivity index (χ3v) is 1.48. The van der Waals surface area contributed by atoms with Crippen LogP contribution in [0.4, 0.5) is 0 Å². The van der Waals surface area contributed by atoms with Gasteiger partial charge in [-0.3, -0.25) is 0 Å². The molecule has 0 saturated carbocycles. The number of hydrogen-bond acceptors (Lipinski definition) is 0. The Balaban J connectivity index is 3.18. The van der Waals surface area contributed by atoms with Gasteiger partial charge in [0.15, 0.2) is 0 Å². The van der Waals surface area contributed by atoms with Crippen molar-refractivity contribution in [3.05, 3.63) is 20.8 Å². The first-order valence-electron chi connectivity index (χ1n) is 3.45. The summed E-state index contributed by atoms with van der Waals surface area (Å²) in [5.41, 5.74) is 0. The largest absolute Gasteiger partial charge is 0.0502 e. The maximum absolute atomic E-state index is 5.43. The molecule has 0 bridgehead atoms. The zero-order valence-corrected chi connectivity index (χ0v) is 5.84. The van der Waals surface area contributed by atoms with Gasteiger partial charge in [0.1, 0.15) is 0 Å². The first-order chi connectivity index (χ1) is 4.35. The highest BCUT2D eigenvalue weighted by molar-refractivity contribution is 4.62. The highest BCUT2D eigenvalue weighted by Gasteiger charge is 2.01. The monoisotopic (exact) mass is 122 g/mol. The molecule has 0 atom stereocenters. The van der Waals surface area contributed by atoms with Gasteiger partial charge in [-0.25, -0.2) is 0 Å². The Morgan fingerprint density at radius 2 is 1.33 bits per heavy atom. The minimum Gasteiger partial charge on any atom is -0.0502 e. The number of rotatable bonds is 5. The van der Waals surface area contributed by atoms with Crippen LogP contribution in [0.5, 0.6) is 0 Å². The molecule has 9 heavy (non-hydrogen) atoms. The average molecular weight is 122 g/mol. The normalized spacial score (nSPS) is 10.7. The lowest BCUT2D eigenvalue weighted by atomic mass is 9.96. The minimum absolute atomic E-state index is 0.542. The van der Waals surface area contributed by atoms with Crippen LogP contribution in [0.25, 0.3) is 0 Å². The molecule has 0 saturated heterocycles. The minimum atomic E-state index is 0.542. The fraction of sp³-hybridized carbons (Fsp3) is 0.667. The molecule has 0 aliphatic carbocycles. The average Bonchev–Trinajstić information content (AvgIpc) is 1.88. The highest BCUT2D eigenvalue weighted by Crippen LogP contribution is 2.15. The summed E-state index contributed by atoms with van der Waals surface area (Å²) >= 11 is 0. The van der Waals surface area contributed by atoms with Crippen LogP contribution in [0, 0.1) is 26.7 Å². The van der Waals surface area contributed by atoms with Crippen LogP contribution in [0.15, 0.2) is 0 Å². The molecule has 0 N–H and O–H groups in total. The quantitative estimate of drug-likeness (QED) is 0.526. The predicted octanol–water partition coefficient (Wildman–Crippen LogP) is 2.69. The van der Waals surface area contributed by atoms with E-state index in [9.17, 15) is 0 Å². The Morgan fingerprint density at radius 3 is 1.56 bits per heavy atom. The van der Waals surface area contributed by atoms with E-state index in [0.717, 1.165) is 25.7 Å². The zero-order valence-electron chi connectivity index (χ0n) is 5.84. The maximum atomic E-state index is 5.43. The third-order valence-electron chi connectivity index (χ3n) is 1.48. The van der Waals surface area contributed by atoms with E-state index in [4.69, 9.17) is 20.8 Å². The fourth-order valence-electron chi connectivity index (χ4n) is 0.851. The van der Waals surface area contributed by atoms with Gasteiger partial charge >= 0.3 is 0 Å². The summed E-state index contributed by atoms with van der Waals surface area (Å²) in [6, 6.07) is 0. The third kappa shape index (κ3) is 4.50. The molecule has 0 aliphatic rings. The molecule has 6 radical (unpaired) electrons. The van der Waals surface area contributed by atoms with Crippen molar-refractivity contribution in [3.63, 3.8) is 0 Å². The first-order valence-corrected chi connectivity index (χ1v) is 3.45. The molecule has 0 nitrogen and oxygen atoms in total. The second kappa shape index (κ2) is 6.12. The standard InChI is InChI=1S/C9H14/c1-4-7-9(6-3)8-5-2/h1-3,9H,4-8H2. The summed E-state index contributed by atoms with van der Waals surface area (Å²) in [5, 5.41) is 0. The molecule has 0 aromatic heterocycles. The van der Waals surface area contributed by atoms with Crippen molar-refractivity contribution in [1.29, 1.82) is 0 Å². The number of hydrogen-bond donors (Lipinski definition) is 0. The highest BCUT2D eigenvalue weighted by atomic mass is 14.1. The lowest BCUT2D eigenvalue weighted by Crippen LogP contribution is -1.96. The lowest BCUT2D eigenvalue weighted by Gasteiger charge is -2.10. The Hall–Kier alpha value is 0. The molecule has 0 fully saturated rings. The van der Waals surface area contributed by atoms with Crippen LogP contribution in [0.1, 0.15) is 32.1 Å². The van der Waals surface area contributed by atoms with Crippen LogP contribution in [0.2, 0.25) is 0 Å². The van der Waals surface area contributed by atoms with Crippen LogP contribution >= 0.6 is 0 Å². The summed E-state index contributed by atoms with van der Waals surface area (Å²) in [7, 11) is 0. The molecule has 0 aromatic rings. The van der Waals surface area contributed by atoms with Gasteiger partial charge in [0.2, 0.25) is 0 Å². The van der Waals surface area contributed by atoms with E-state index < -0.39 is 0 Å². The lowest BCUT2D eigenvalue weighted by molar-refractivity contribution is 0.461. The van der Waals surface area contributed by atoms with Gasteiger partial charge in [0, 0.05) is 0 Å². The molecule has 0 aromatic carbocycles. The SMILES string of the molecule is [CH]CCC(C[CH])CC[CH]. The predicted molar refractivity (Wildman–Crippen MR) is 39.5 cm³/mol. The summed E-state index contributed by atoms with van der Waals surface area (Å²) in [5.74, 6) is 0.542. The second-order valence-corrected chi connectivity index (χ2v) is 2.26. The topological polar surface area (TPSA) is 0 Å². The van der Waals surface area contributed by atoms with E-state index in [0.29, 0.717) is 12.3 Å². The molecule has 0 heteroatoms. The smallest absolute Gasteiger partial charge is 0.0349 e. The molecule has 0 rings (SSSR count). The van der Waals surface area contributed by atoms with Gasteiger partial charge in [-0.05, 0) is 46.0 Å². The summed E-state index contributed by atoms with van der Waals surface area (Å²) < 4.78 is 0. The van der Waals surface area contributed by atoms with Crippen LogP contribution in [0.3, 0.4) is 0 Å². The van der Waals surface area contributed by atoms with Gasteiger partial charge in [0.05, 0.1) is 0 Å². The summed E-state index contributed by atoms with van der Waals surface area (Å²) in [6.45, 7) is 16.1. The van der Waals surface area contributed by atoms with Crippen molar-refractivity contribution in [2.45, 2.75) is 32.1 Å². The van der Waals surface area contributed by atoms with Gasteiger partial charge in [-0.1, -0.05) is 12.8 Å². The van der Waals surface area contributed by atoms with Crippen LogP contribution in [-0.2, 0) is 0 Å². The Kier molecular flexibility index (Phi) is 6.12. The molecule has 0 aliphatic heterocycles. The summed E-state index contributed by atoms with van der Waals surface area (Å²) in [6.07, 6.45) is 4.18. The first kappa shape index (κ1) is 9.00. The Bertz CT molecular complexity index is 42.0.